The fraction of sp³-hybridized carbons (Fsp3) is 0.111. The van der Waals surface area contributed by atoms with Crippen LogP contribution in [0.2, 0.25) is 0 Å². The van der Waals surface area contributed by atoms with Gasteiger partial charge in [0.05, 0.1) is 17.7 Å². The third-order valence-corrected chi connectivity index (χ3v) is 3.72. The summed E-state index contributed by atoms with van der Waals surface area (Å²) in [5, 5.41) is 15.6. The van der Waals surface area contributed by atoms with Crippen LogP contribution in [-0.4, -0.2) is 17.5 Å². The van der Waals surface area contributed by atoms with Crippen LogP contribution in [0.25, 0.3) is 0 Å². The molecule has 2 rings (SSSR count). The molecule has 7 heteroatoms. The molecule has 2 N–H and O–H groups in total. The van der Waals surface area contributed by atoms with Gasteiger partial charge in [0.2, 0.25) is 5.91 Å². The van der Waals surface area contributed by atoms with E-state index in [1.807, 2.05) is 6.07 Å². The zero-order valence-electron chi connectivity index (χ0n) is 13.4. The number of nitrogens with one attached hydrogen (secondary N) is 2. The minimum absolute atomic E-state index is 0.000378. The first-order valence-corrected chi connectivity index (χ1v) is 8.17. The lowest BCUT2D eigenvalue weighted by Gasteiger charge is -2.07. The Kier molecular flexibility index (Phi) is 6.43. The monoisotopic (exact) mass is 398 g/mol. The van der Waals surface area contributed by atoms with Gasteiger partial charge < -0.3 is 5.32 Å². The number of carbonyl (C=O) groups is 2. The molecule has 25 heavy (non-hydrogen) atoms. The molecule has 0 aliphatic carbocycles. The van der Waals surface area contributed by atoms with Gasteiger partial charge in [0.1, 0.15) is 6.07 Å². The highest BCUT2D eigenvalue weighted by molar-refractivity contribution is 9.10. The van der Waals surface area contributed by atoms with Gasteiger partial charge in [-0.3, -0.25) is 9.59 Å². The maximum absolute atomic E-state index is 12.0. The fourth-order valence-corrected chi connectivity index (χ4v) is 2.23. The molecule has 0 aliphatic heterocycles. The SMILES string of the molecule is C/C(CC(=O)Nc1ccccc1C#N)=N/NC(=O)c1ccc(Br)cc1. The number of hydrogen-bond acceptors (Lipinski definition) is 4. The molecule has 0 atom stereocenters. The van der Waals surface area contributed by atoms with Gasteiger partial charge >= 0.3 is 0 Å². The van der Waals surface area contributed by atoms with Crippen LogP contribution in [0.3, 0.4) is 0 Å². The third kappa shape index (κ3) is 5.55. The fourth-order valence-electron chi connectivity index (χ4n) is 1.97. The van der Waals surface area contributed by atoms with Crippen molar-refractivity contribution < 1.29 is 9.59 Å². The minimum atomic E-state index is -0.359. The summed E-state index contributed by atoms with van der Waals surface area (Å²) in [5.41, 5.74) is 4.15. The van der Waals surface area contributed by atoms with Crippen LogP contribution < -0.4 is 10.7 Å². The van der Waals surface area contributed by atoms with Crippen LogP contribution in [0, 0.1) is 11.3 Å². The van der Waals surface area contributed by atoms with Crippen molar-refractivity contribution in [2.75, 3.05) is 5.32 Å². The molecule has 0 aliphatic rings. The number of amides is 2. The summed E-state index contributed by atoms with van der Waals surface area (Å²) >= 11 is 3.30. The number of halogens is 1. The molecule has 0 bridgehead atoms. The summed E-state index contributed by atoms with van der Waals surface area (Å²) in [6.45, 7) is 1.64. The minimum Gasteiger partial charge on any atom is -0.325 e. The van der Waals surface area contributed by atoms with Crippen molar-refractivity contribution in [1.82, 2.24) is 5.43 Å². The van der Waals surface area contributed by atoms with Crippen LogP contribution in [0.1, 0.15) is 29.3 Å². The topological polar surface area (TPSA) is 94.3 Å². The van der Waals surface area contributed by atoms with Gasteiger partial charge in [-0.25, -0.2) is 5.43 Å². The Labute approximate surface area is 153 Å². The van der Waals surface area contributed by atoms with Crippen LogP contribution in [0.4, 0.5) is 5.69 Å². The van der Waals surface area contributed by atoms with Crippen molar-refractivity contribution in [3.63, 3.8) is 0 Å². The molecular formula is C18H15BrN4O2. The van der Waals surface area contributed by atoms with Gasteiger partial charge in [0.25, 0.3) is 5.91 Å². The summed E-state index contributed by atoms with van der Waals surface area (Å²) in [6.07, 6.45) is 0.000378. The molecular weight excluding hydrogens is 384 g/mol. The van der Waals surface area contributed by atoms with E-state index in [9.17, 15) is 9.59 Å². The molecule has 0 radical (unpaired) electrons. The summed E-state index contributed by atoms with van der Waals surface area (Å²) < 4.78 is 0.873. The molecule has 2 amide bonds. The highest BCUT2D eigenvalue weighted by Crippen LogP contribution is 2.14. The predicted octanol–water partition coefficient (Wildman–Crippen LogP) is 3.46. The number of hydrazone groups is 1. The van der Waals surface area contributed by atoms with Crippen molar-refractivity contribution in [3.05, 3.63) is 64.1 Å². The van der Waals surface area contributed by atoms with E-state index in [4.69, 9.17) is 5.26 Å². The molecule has 0 unspecified atom stereocenters. The number of hydrogen-bond donors (Lipinski definition) is 2. The average molecular weight is 399 g/mol. The van der Waals surface area contributed by atoms with E-state index in [0.29, 0.717) is 22.5 Å². The zero-order chi connectivity index (χ0) is 18.2. The van der Waals surface area contributed by atoms with Crippen molar-refractivity contribution in [2.45, 2.75) is 13.3 Å². The lowest BCUT2D eigenvalue weighted by atomic mass is 10.2. The van der Waals surface area contributed by atoms with Gasteiger partial charge in [-0.15, -0.1) is 0 Å². The van der Waals surface area contributed by atoms with E-state index in [1.54, 1.807) is 55.5 Å². The number of nitriles is 1. The van der Waals surface area contributed by atoms with Crippen LogP contribution in [-0.2, 0) is 4.79 Å². The van der Waals surface area contributed by atoms with Crippen molar-refractivity contribution in [3.8, 4) is 6.07 Å². The molecule has 126 valence electrons. The predicted molar refractivity (Wildman–Crippen MR) is 99.1 cm³/mol. The summed E-state index contributed by atoms with van der Waals surface area (Å²) in [4.78, 5) is 24.0. The highest BCUT2D eigenvalue weighted by atomic mass is 79.9. The molecule has 6 nitrogen and oxygen atoms in total. The van der Waals surface area contributed by atoms with E-state index in [0.717, 1.165) is 4.47 Å². The van der Waals surface area contributed by atoms with E-state index >= 15 is 0 Å². The van der Waals surface area contributed by atoms with Crippen LogP contribution in [0.5, 0.6) is 0 Å². The second kappa shape index (κ2) is 8.76. The smallest absolute Gasteiger partial charge is 0.271 e. The third-order valence-electron chi connectivity index (χ3n) is 3.19. The van der Waals surface area contributed by atoms with Crippen molar-refractivity contribution >= 4 is 39.1 Å². The number of para-hydroxylation sites is 1. The Bertz CT molecular complexity index is 854. The first-order valence-electron chi connectivity index (χ1n) is 7.37. The Hall–Kier alpha value is -2.98. The van der Waals surface area contributed by atoms with Crippen LogP contribution in [0.15, 0.2) is 58.1 Å². The molecule has 0 heterocycles. The van der Waals surface area contributed by atoms with E-state index in [-0.39, 0.29) is 18.2 Å². The Morgan fingerprint density at radius 2 is 1.84 bits per heavy atom. The largest absolute Gasteiger partial charge is 0.325 e. The molecule has 2 aromatic carbocycles. The number of rotatable bonds is 5. The molecule has 2 aromatic rings. The van der Waals surface area contributed by atoms with Gasteiger partial charge in [0.15, 0.2) is 0 Å². The zero-order valence-corrected chi connectivity index (χ0v) is 15.0. The molecule has 0 spiro atoms. The second-order valence-corrected chi connectivity index (χ2v) is 6.09. The summed E-state index contributed by atoms with van der Waals surface area (Å²) in [6, 6.07) is 15.6. The molecule has 0 fully saturated rings. The molecule has 0 saturated carbocycles. The first-order chi connectivity index (χ1) is 12.0. The number of benzene rings is 2. The maximum Gasteiger partial charge on any atom is 0.271 e. The van der Waals surface area contributed by atoms with Gasteiger partial charge in [0, 0.05) is 15.7 Å². The van der Waals surface area contributed by atoms with Gasteiger partial charge in [-0.1, -0.05) is 28.1 Å². The van der Waals surface area contributed by atoms with E-state index < -0.39 is 0 Å². The van der Waals surface area contributed by atoms with Crippen molar-refractivity contribution in [1.29, 1.82) is 5.26 Å². The van der Waals surface area contributed by atoms with Crippen LogP contribution >= 0.6 is 15.9 Å². The standard InChI is InChI=1S/C18H15BrN4O2/c1-12(22-23-18(25)13-6-8-15(19)9-7-13)10-17(24)21-16-5-3-2-4-14(16)11-20/h2-9H,10H2,1H3,(H,21,24)(H,23,25)/b22-12-. The number of carbonyl (C=O) groups excluding carboxylic acids is 2. The number of nitrogens with zero attached hydrogens (tertiary/aromatic N) is 2. The summed E-state index contributed by atoms with van der Waals surface area (Å²) in [7, 11) is 0. The van der Waals surface area contributed by atoms with E-state index in [1.165, 1.54) is 0 Å². The van der Waals surface area contributed by atoms with Gasteiger partial charge in [-0.05, 0) is 43.3 Å². The maximum atomic E-state index is 12.0. The number of anilines is 1. The van der Waals surface area contributed by atoms with Crippen molar-refractivity contribution in [2.24, 2.45) is 5.10 Å². The Morgan fingerprint density at radius 3 is 2.52 bits per heavy atom. The second-order valence-electron chi connectivity index (χ2n) is 5.18. The molecule has 0 aromatic heterocycles. The first kappa shape index (κ1) is 18.4. The van der Waals surface area contributed by atoms with E-state index in [2.05, 4.69) is 31.8 Å². The Morgan fingerprint density at radius 1 is 1.16 bits per heavy atom. The Balaban J connectivity index is 1.92. The lowest BCUT2D eigenvalue weighted by molar-refractivity contribution is -0.115. The normalized spacial score (nSPS) is 10.7. The average Bonchev–Trinajstić information content (AvgIpc) is 2.60. The van der Waals surface area contributed by atoms with Gasteiger partial charge in [-0.2, -0.15) is 10.4 Å². The quantitative estimate of drug-likeness (QED) is 0.596. The molecule has 0 saturated heterocycles. The lowest BCUT2D eigenvalue weighted by Crippen LogP contribution is -2.21. The summed E-state index contributed by atoms with van der Waals surface area (Å²) in [5.74, 6) is -0.677. The highest BCUT2D eigenvalue weighted by Gasteiger charge is 2.09.